The van der Waals surface area contributed by atoms with Crippen LogP contribution in [0.5, 0.6) is 11.5 Å². The van der Waals surface area contributed by atoms with Crippen molar-refractivity contribution in [3.63, 3.8) is 0 Å². The molecule has 186 valence electrons. The van der Waals surface area contributed by atoms with Gasteiger partial charge in [-0.25, -0.2) is 0 Å². The van der Waals surface area contributed by atoms with Crippen molar-refractivity contribution in [2.45, 2.75) is 27.4 Å². The zero-order chi connectivity index (χ0) is 26.4. The standard InChI is InChI=1S/C31H27ClN2O3/c1-4-36-29-17-22(15-24(18-33)31(35)34-25-13-9-20(2)10-14-25)16-28(32)30(29)37-19-27-21(3)11-12-23-7-5-6-8-26(23)27/h5-17H,4,19H2,1-3H3,(H,34,35)/b24-15+. The van der Waals surface area contributed by atoms with Crippen molar-refractivity contribution in [3.8, 4) is 17.6 Å². The highest BCUT2D eigenvalue weighted by molar-refractivity contribution is 6.32. The topological polar surface area (TPSA) is 71.3 Å². The van der Waals surface area contributed by atoms with Crippen LogP contribution >= 0.6 is 11.6 Å². The van der Waals surface area contributed by atoms with Gasteiger partial charge in [0.15, 0.2) is 11.5 Å². The molecule has 0 spiro atoms. The highest BCUT2D eigenvalue weighted by Gasteiger charge is 2.16. The average Bonchev–Trinajstić information content (AvgIpc) is 2.89. The summed E-state index contributed by atoms with van der Waals surface area (Å²) in [4.78, 5) is 12.7. The van der Waals surface area contributed by atoms with E-state index in [1.807, 2.05) is 44.2 Å². The van der Waals surface area contributed by atoms with Crippen molar-refractivity contribution in [1.29, 1.82) is 5.26 Å². The van der Waals surface area contributed by atoms with E-state index in [4.69, 9.17) is 21.1 Å². The van der Waals surface area contributed by atoms with Gasteiger partial charge in [-0.2, -0.15) is 5.26 Å². The second kappa shape index (κ2) is 11.6. The Hall–Kier alpha value is -4.27. The van der Waals surface area contributed by atoms with Crippen LogP contribution in [0, 0.1) is 25.2 Å². The number of anilines is 1. The molecule has 0 radical (unpaired) electrons. The van der Waals surface area contributed by atoms with E-state index >= 15 is 0 Å². The molecule has 0 aliphatic heterocycles. The fourth-order valence-electron chi connectivity index (χ4n) is 4.01. The van der Waals surface area contributed by atoms with Gasteiger partial charge in [0.1, 0.15) is 18.2 Å². The van der Waals surface area contributed by atoms with E-state index in [-0.39, 0.29) is 5.57 Å². The zero-order valence-corrected chi connectivity index (χ0v) is 21.7. The van der Waals surface area contributed by atoms with Crippen LogP contribution in [-0.4, -0.2) is 12.5 Å². The normalized spacial score (nSPS) is 11.2. The molecule has 1 N–H and O–H groups in total. The van der Waals surface area contributed by atoms with E-state index in [1.54, 1.807) is 24.3 Å². The number of ether oxygens (including phenoxy) is 2. The van der Waals surface area contributed by atoms with Crippen molar-refractivity contribution in [3.05, 3.63) is 106 Å². The molecule has 0 fully saturated rings. The Morgan fingerprint density at radius 1 is 1.03 bits per heavy atom. The highest BCUT2D eigenvalue weighted by atomic mass is 35.5. The highest BCUT2D eigenvalue weighted by Crippen LogP contribution is 2.38. The molecule has 4 aromatic rings. The van der Waals surface area contributed by atoms with Crippen LogP contribution in [0.1, 0.15) is 29.2 Å². The maximum Gasteiger partial charge on any atom is 0.266 e. The van der Waals surface area contributed by atoms with Gasteiger partial charge in [-0.15, -0.1) is 0 Å². The Bertz CT molecular complexity index is 1520. The molecule has 0 aromatic heterocycles. The Balaban J connectivity index is 1.61. The van der Waals surface area contributed by atoms with E-state index in [0.29, 0.717) is 41.0 Å². The zero-order valence-electron chi connectivity index (χ0n) is 21.0. The number of benzene rings is 4. The first kappa shape index (κ1) is 25.8. The molecule has 0 aliphatic rings. The smallest absolute Gasteiger partial charge is 0.266 e. The molecule has 0 heterocycles. The third-order valence-corrected chi connectivity index (χ3v) is 6.23. The number of rotatable bonds is 8. The fraction of sp³-hybridized carbons (Fsp3) is 0.161. The molecule has 0 atom stereocenters. The van der Waals surface area contributed by atoms with Gasteiger partial charge >= 0.3 is 0 Å². The lowest BCUT2D eigenvalue weighted by Crippen LogP contribution is -2.13. The predicted molar refractivity (Wildman–Crippen MR) is 149 cm³/mol. The molecule has 37 heavy (non-hydrogen) atoms. The molecule has 0 aliphatic carbocycles. The summed E-state index contributed by atoms with van der Waals surface area (Å²) in [7, 11) is 0. The van der Waals surface area contributed by atoms with E-state index in [0.717, 1.165) is 27.5 Å². The van der Waals surface area contributed by atoms with Crippen molar-refractivity contribution >= 4 is 40.0 Å². The SMILES string of the molecule is CCOc1cc(/C=C(\C#N)C(=O)Nc2ccc(C)cc2)cc(Cl)c1OCc1c(C)ccc2ccccc12. The fourth-order valence-corrected chi connectivity index (χ4v) is 4.28. The molecule has 6 heteroatoms. The molecular weight excluding hydrogens is 484 g/mol. The third-order valence-electron chi connectivity index (χ3n) is 5.95. The van der Waals surface area contributed by atoms with Crippen LogP contribution in [0.15, 0.2) is 78.4 Å². The molecule has 1 amide bonds. The van der Waals surface area contributed by atoms with Gasteiger partial charge in [-0.3, -0.25) is 4.79 Å². The van der Waals surface area contributed by atoms with Crippen LogP contribution in [0.25, 0.3) is 16.8 Å². The number of nitrogens with one attached hydrogen (secondary N) is 1. The van der Waals surface area contributed by atoms with Crippen molar-refractivity contribution in [1.82, 2.24) is 0 Å². The quantitative estimate of drug-likeness (QED) is 0.195. The first-order valence-corrected chi connectivity index (χ1v) is 12.3. The number of amides is 1. The molecule has 5 nitrogen and oxygen atoms in total. The first-order chi connectivity index (χ1) is 17.9. The lowest BCUT2D eigenvalue weighted by Gasteiger charge is -2.16. The lowest BCUT2D eigenvalue weighted by atomic mass is 10.0. The minimum Gasteiger partial charge on any atom is -0.490 e. The van der Waals surface area contributed by atoms with Crippen LogP contribution in [0.3, 0.4) is 0 Å². The Labute approximate surface area is 221 Å². The largest absolute Gasteiger partial charge is 0.490 e. The first-order valence-electron chi connectivity index (χ1n) is 12.0. The number of hydrogen-bond acceptors (Lipinski definition) is 4. The van der Waals surface area contributed by atoms with E-state index < -0.39 is 5.91 Å². The molecule has 4 aromatic carbocycles. The van der Waals surface area contributed by atoms with E-state index in [1.165, 1.54) is 6.08 Å². The van der Waals surface area contributed by atoms with Crippen molar-refractivity contribution in [2.75, 3.05) is 11.9 Å². The molecule has 0 unspecified atom stereocenters. The summed E-state index contributed by atoms with van der Waals surface area (Å²) in [5, 5.41) is 15.0. The van der Waals surface area contributed by atoms with Gasteiger partial charge in [-0.1, -0.05) is 65.7 Å². The van der Waals surface area contributed by atoms with Gasteiger partial charge in [0.2, 0.25) is 0 Å². The van der Waals surface area contributed by atoms with Gasteiger partial charge < -0.3 is 14.8 Å². The molecule has 0 bridgehead atoms. The maximum atomic E-state index is 12.7. The second-order valence-corrected chi connectivity index (χ2v) is 9.03. The molecule has 4 rings (SSSR count). The summed E-state index contributed by atoms with van der Waals surface area (Å²) in [6.07, 6.45) is 1.48. The Morgan fingerprint density at radius 3 is 2.51 bits per heavy atom. The number of fused-ring (bicyclic) bond motifs is 1. The van der Waals surface area contributed by atoms with Crippen LogP contribution in [0.4, 0.5) is 5.69 Å². The summed E-state index contributed by atoms with van der Waals surface area (Å²) < 4.78 is 12.0. The number of carbonyl (C=O) groups excluding carboxylic acids is 1. The Morgan fingerprint density at radius 2 is 1.78 bits per heavy atom. The summed E-state index contributed by atoms with van der Waals surface area (Å²) in [6, 6.07) is 25.0. The molecule has 0 saturated heterocycles. The molecule has 0 saturated carbocycles. The van der Waals surface area contributed by atoms with Gasteiger partial charge in [-0.05, 0) is 73.0 Å². The van der Waals surface area contributed by atoms with E-state index in [9.17, 15) is 10.1 Å². The monoisotopic (exact) mass is 510 g/mol. The average molecular weight is 511 g/mol. The summed E-state index contributed by atoms with van der Waals surface area (Å²) in [5.74, 6) is 0.346. The minimum atomic E-state index is -0.507. The summed E-state index contributed by atoms with van der Waals surface area (Å²) in [5.41, 5.74) is 4.37. The molecular formula is C31H27ClN2O3. The van der Waals surface area contributed by atoms with E-state index in [2.05, 4.69) is 36.5 Å². The minimum absolute atomic E-state index is 0.0564. The van der Waals surface area contributed by atoms with Gasteiger partial charge in [0.25, 0.3) is 5.91 Å². The van der Waals surface area contributed by atoms with Crippen LogP contribution in [0.2, 0.25) is 5.02 Å². The number of aryl methyl sites for hydroxylation is 2. The number of hydrogen-bond donors (Lipinski definition) is 1. The number of nitriles is 1. The predicted octanol–water partition coefficient (Wildman–Crippen LogP) is 7.63. The Kier molecular flexibility index (Phi) is 8.12. The number of carbonyl (C=O) groups is 1. The van der Waals surface area contributed by atoms with Crippen molar-refractivity contribution in [2.24, 2.45) is 0 Å². The lowest BCUT2D eigenvalue weighted by molar-refractivity contribution is -0.112. The van der Waals surface area contributed by atoms with Gasteiger partial charge in [0.05, 0.1) is 11.6 Å². The maximum absolute atomic E-state index is 12.7. The van der Waals surface area contributed by atoms with Gasteiger partial charge in [0, 0.05) is 11.3 Å². The second-order valence-electron chi connectivity index (χ2n) is 8.62. The third kappa shape index (κ3) is 6.11. The number of halogens is 1. The van der Waals surface area contributed by atoms with Crippen LogP contribution in [-0.2, 0) is 11.4 Å². The summed E-state index contributed by atoms with van der Waals surface area (Å²) >= 11 is 6.63. The summed E-state index contributed by atoms with van der Waals surface area (Å²) in [6.45, 7) is 6.58. The number of nitrogens with zero attached hydrogens (tertiary/aromatic N) is 1. The van der Waals surface area contributed by atoms with Crippen molar-refractivity contribution < 1.29 is 14.3 Å². The van der Waals surface area contributed by atoms with Crippen LogP contribution < -0.4 is 14.8 Å².